The highest BCUT2D eigenvalue weighted by Gasteiger charge is 2.44. The van der Waals surface area contributed by atoms with E-state index in [1.807, 2.05) is 12.1 Å². The molecule has 2 aliphatic heterocycles. The molecule has 1 spiro atoms. The molecular weight excluding hydrogens is 442 g/mol. The number of piperidine rings is 1. The number of benzene rings is 3. The van der Waals surface area contributed by atoms with E-state index in [4.69, 9.17) is 21.1 Å². The molecule has 1 unspecified atom stereocenters. The summed E-state index contributed by atoms with van der Waals surface area (Å²) in [5.41, 5.74) is 3.62. The average molecular weight is 476 g/mol. The van der Waals surface area contributed by atoms with E-state index in [2.05, 4.69) is 78.6 Å². The number of halogens is 1. The number of nitrogens with zero attached hydrogens (tertiary/aromatic N) is 1. The molecule has 0 radical (unpaired) electrons. The Hall–Kier alpha value is -2.33. The molecule has 1 fully saturated rings. The molecule has 1 atom stereocenters. The number of likely N-dealkylation sites (tertiary alicyclic amines) is 1. The van der Waals surface area contributed by atoms with Crippen LogP contribution in [0.25, 0.3) is 0 Å². The number of para-hydroxylation sites is 1. The van der Waals surface area contributed by atoms with Gasteiger partial charge in [-0.2, -0.15) is 0 Å². The van der Waals surface area contributed by atoms with Crippen LogP contribution in [0.1, 0.15) is 55.2 Å². The molecule has 3 aromatic carbocycles. The maximum Gasteiger partial charge on any atom is 0.143 e. The molecule has 0 amide bonds. The Balaban J connectivity index is 1.18. The highest BCUT2D eigenvalue weighted by molar-refractivity contribution is 6.32. The molecule has 3 aromatic rings. The van der Waals surface area contributed by atoms with Crippen molar-refractivity contribution in [1.82, 2.24) is 4.90 Å². The van der Waals surface area contributed by atoms with Gasteiger partial charge in [-0.3, -0.25) is 0 Å². The minimum atomic E-state index is -0.241. The molecule has 0 N–H and O–H groups in total. The highest BCUT2D eigenvalue weighted by Crippen LogP contribution is 2.40. The van der Waals surface area contributed by atoms with Gasteiger partial charge in [-0.05, 0) is 56.3 Å². The van der Waals surface area contributed by atoms with Crippen LogP contribution >= 0.6 is 11.6 Å². The molecule has 2 aliphatic rings. The second-order valence-corrected chi connectivity index (χ2v) is 10.1. The van der Waals surface area contributed by atoms with Gasteiger partial charge in [0.1, 0.15) is 17.5 Å². The Labute approximate surface area is 208 Å². The van der Waals surface area contributed by atoms with Gasteiger partial charge < -0.3 is 14.4 Å². The van der Waals surface area contributed by atoms with Crippen LogP contribution in [0.3, 0.4) is 0 Å². The standard InChI is InChI=1S/C30H34ClNO2/c1-23-30(33-22-26-14-8-16-28(31)29(26)34-23)17-20-32(21-18-30)19-9-15-27(24-10-4-2-5-11-24)25-12-6-3-7-13-25/h2-8,10-14,16,23,27H,9,15,17-22H2,1H3. The minimum Gasteiger partial charge on any atom is -0.486 e. The first kappa shape index (κ1) is 23.4. The van der Waals surface area contributed by atoms with Gasteiger partial charge >= 0.3 is 0 Å². The molecule has 0 aliphatic carbocycles. The van der Waals surface area contributed by atoms with Crippen molar-refractivity contribution in [3.8, 4) is 5.75 Å². The summed E-state index contributed by atoms with van der Waals surface area (Å²) >= 11 is 6.41. The Bertz CT molecular complexity index is 1020. The zero-order chi connectivity index (χ0) is 23.4. The monoisotopic (exact) mass is 475 g/mol. The molecule has 178 valence electrons. The fourth-order valence-electron chi connectivity index (χ4n) is 5.54. The fraction of sp³-hybridized carbons (Fsp3) is 0.400. The molecule has 0 bridgehead atoms. The van der Waals surface area contributed by atoms with Crippen LogP contribution in [0.15, 0.2) is 78.9 Å². The molecule has 4 heteroatoms. The molecular formula is C30H34ClNO2. The van der Waals surface area contributed by atoms with Gasteiger partial charge in [-0.15, -0.1) is 0 Å². The summed E-state index contributed by atoms with van der Waals surface area (Å²) in [6.07, 6.45) is 4.28. The second-order valence-electron chi connectivity index (χ2n) is 9.70. The number of hydrogen-bond donors (Lipinski definition) is 0. The van der Waals surface area contributed by atoms with Gasteiger partial charge in [0.25, 0.3) is 0 Å². The number of ether oxygens (including phenoxy) is 2. The van der Waals surface area contributed by atoms with E-state index in [9.17, 15) is 0 Å². The average Bonchev–Trinajstić information content (AvgIpc) is 3.02. The second kappa shape index (κ2) is 10.5. The Morgan fingerprint density at radius 3 is 2.21 bits per heavy atom. The van der Waals surface area contributed by atoms with E-state index >= 15 is 0 Å². The number of rotatable bonds is 6. The first-order valence-corrected chi connectivity index (χ1v) is 12.9. The lowest BCUT2D eigenvalue weighted by molar-refractivity contribution is -0.136. The normalized spacial score (nSPS) is 20.0. The quantitative estimate of drug-likeness (QED) is 0.380. The first-order chi connectivity index (χ1) is 16.6. The molecule has 0 saturated carbocycles. The van der Waals surface area contributed by atoms with Crippen molar-refractivity contribution in [3.63, 3.8) is 0 Å². The largest absolute Gasteiger partial charge is 0.486 e. The lowest BCUT2D eigenvalue weighted by Crippen LogP contribution is -2.53. The summed E-state index contributed by atoms with van der Waals surface area (Å²) in [6, 6.07) is 27.8. The zero-order valence-electron chi connectivity index (χ0n) is 20.0. The van der Waals surface area contributed by atoms with Gasteiger partial charge in [0, 0.05) is 24.6 Å². The van der Waals surface area contributed by atoms with Crippen LogP contribution in [-0.2, 0) is 11.3 Å². The van der Waals surface area contributed by atoms with Crippen molar-refractivity contribution in [2.75, 3.05) is 19.6 Å². The van der Waals surface area contributed by atoms with E-state index in [0.29, 0.717) is 17.5 Å². The van der Waals surface area contributed by atoms with E-state index in [1.54, 1.807) is 0 Å². The van der Waals surface area contributed by atoms with E-state index in [1.165, 1.54) is 17.5 Å². The van der Waals surface area contributed by atoms with Crippen LogP contribution in [0, 0.1) is 0 Å². The topological polar surface area (TPSA) is 21.7 Å². The Morgan fingerprint density at radius 2 is 1.56 bits per heavy atom. The van der Waals surface area contributed by atoms with Crippen molar-refractivity contribution in [1.29, 1.82) is 0 Å². The van der Waals surface area contributed by atoms with Crippen molar-refractivity contribution < 1.29 is 9.47 Å². The van der Waals surface area contributed by atoms with Gasteiger partial charge in [0.2, 0.25) is 0 Å². The minimum absolute atomic E-state index is 0.0173. The van der Waals surface area contributed by atoms with Crippen molar-refractivity contribution in [3.05, 3.63) is 101 Å². The molecule has 3 nitrogen and oxygen atoms in total. The predicted octanol–water partition coefficient (Wildman–Crippen LogP) is 7.08. The van der Waals surface area contributed by atoms with Crippen LogP contribution in [0.2, 0.25) is 5.02 Å². The van der Waals surface area contributed by atoms with Crippen LogP contribution in [0.4, 0.5) is 0 Å². The predicted molar refractivity (Wildman–Crippen MR) is 139 cm³/mol. The van der Waals surface area contributed by atoms with Crippen LogP contribution in [-0.4, -0.2) is 36.2 Å². The molecule has 0 aromatic heterocycles. The van der Waals surface area contributed by atoms with Crippen molar-refractivity contribution >= 4 is 11.6 Å². The SMILES string of the molecule is CC1Oc2c(Cl)cccc2COC12CCN(CCCC(c1ccccc1)c1ccccc1)CC2. The highest BCUT2D eigenvalue weighted by atomic mass is 35.5. The maximum atomic E-state index is 6.52. The lowest BCUT2D eigenvalue weighted by Gasteiger charge is -2.43. The Morgan fingerprint density at radius 1 is 0.912 bits per heavy atom. The molecule has 1 saturated heterocycles. The third-order valence-electron chi connectivity index (χ3n) is 7.67. The molecule has 34 heavy (non-hydrogen) atoms. The molecule has 5 rings (SSSR count). The maximum absolute atomic E-state index is 6.52. The lowest BCUT2D eigenvalue weighted by atomic mass is 9.85. The van der Waals surface area contributed by atoms with Crippen molar-refractivity contribution in [2.45, 2.75) is 56.8 Å². The summed E-state index contributed by atoms with van der Waals surface area (Å²) in [7, 11) is 0. The van der Waals surface area contributed by atoms with Gasteiger partial charge in [-0.25, -0.2) is 0 Å². The summed E-state index contributed by atoms with van der Waals surface area (Å²) in [5.74, 6) is 1.24. The van der Waals surface area contributed by atoms with Crippen LogP contribution < -0.4 is 4.74 Å². The van der Waals surface area contributed by atoms with E-state index in [0.717, 1.165) is 50.2 Å². The molecule has 2 heterocycles. The van der Waals surface area contributed by atoms with E-state index < -0.39 is 0 Å². The summed E-state index contributed by atoms with van der Waals surface area (Å²) in [6.45, 7) is 5.90. The van der Waals surface area contributed by atoms with Crippen LogP contribution in [0.5, 0.6) is 5.75 Å². The Kier molecular flexibility index (Phi) is 7.24. The van der Waals surface area contributed by atoms with Gasteiger partial charge in [0.05, 0.1) is 11.6 Å². The van der Waals surface area contributed by atoms with E-state index in [-0.39, 0.29) is 11.7 Å². The first-order valence-electron chi connectivity index (χ1n) is 12.5. The van der Waals surface area contributed by atoms with Gasteiger partial charge in [0.15, 0.2) is 0 Å². The smallest absolute Gasteiger partial charge is 0.143 e. The third kappa shape index (κ3) is 5.02. The third-order valence-corrected chi connectivity index (χ3v) is 7.97. The summed E-state index contributed by atoms with van der Waals surface area (Å²) < 4.78 is 12.9. The summed E-state index contributed by atoms with van der Waals surface area (Å²) in [5, 5.41) is 0.675. The zero-order valence-corrected chi connectivity index (χ0v) is 20.7. The van der Waals surface area contributed by atoms with Crippen molar-refractivity contribution in [2.24, 2.45) is 0 Å². The van der Waals surface area contributed by atoms with Gasteiger partial charge in [-0.1, -0.05) is 84.4 Å². The number of hydrogen-bond acceptors (Lipinski definition) is 3. The fourth-order valence-corrected chi connectivity index (χ4v) is 5.78. The number of fused-ring (bicyclic) bond motifs is 1. The summed E-state index contributed by atoms with van der Waals surface area (Å²) in [4.78, 5) is 2.60.